The van der Waals surface area contributed by atoms with Gasteiger partial charge in [0.05, 0.1) is 0 Å². The average molecular weight is 863 g/mol. The molecule has 0 aromatic heterocycles. The van der Waals surface area contributed by atoms with Gasteiger partial charge in [-0.15, -0.1) is 0 Å². The molecular weight excluding hydrogens is 769 g/mol. The van der Waals surface area contributed by atoms with Crippen molar-refractivity contribution in [1.82, 2.24) is 0 Å². The largest absolute Gasteiger partial charge is 0.462 e. The van der Waals surface area contributed by atoms with Crippen molar-refractivity contribution in [2.24, 2.45) is 0 Å². The van der Waals surface area contributed by atoms with Crippen molar-refractivity contribution in [3.8, 4) is 0 Å². The molecule has 0 N–H and O–H groups in total. The van der Waals surface area contributed by atoms with Gasteiger partial charge in [-0.3, -0.25) is 14.4 Å². The number of carbonyl (C=O) groups is 3. The maximum atomic E-state index is 12.8. The van der Waals surface area contributed by atoms with E-state index in [-0.39, 0.29) is 31.1 Å². The maximum Gasteiger partial charge on any atom is 0.306 e. The standard InChI is InChI=1S/C56H94O6/c1-4-7-10-13-16-19-22-24-25-26-27-28-29-30-31-32-35-37-40-43-46-49-55(58)61-52-53(51-60-54(57)48-45-42-39-36-33-21-18-15-12-9-6-3)62-56(59)50-47-44-41-38-34-23-20-17-14-11-8-5-2/h7,10,15-16,18-19,24-25,27-28,30-31,35,37,53H,4-6,8-9,11-14,17,20-23,26,29,32-34,36,38-52H2,1-3H3/b10-7-,18-15-,19-16-,25-24-,28-27-,31-30-,37-35-. The van der Waals surface area contributed by atoms with E-state index in [1.807, 2.05) is 0 Å². The van der Waals surface area contributed by atoms with Crippen molar-refractivity contribution >= 4 is 17.9 Å². The Hall–Kier alpha value is -3.41. The first-order valence-corrected chi connectivity index (χ1v) is 25.6. The normalized spacial score (nSPS) is 12.8. The van der Waals surface area contributed by atoms with Crippen LogP contribution in [-0.2, 0) is 28.6 Å². The van der Waals surface area contributed by atoms with Crippen molar-refractivity contribution in [2.75, 3.05) is 13.2 Å². The van der Waals surface area contributed by atoms with Crippen LogP contribution in [0.1, 0.15) is 233 Å². The molecule has 0 aliphatic rings. The first kappa shape index (κ1) is 58.6. The highest BCUT2D eigenvalue weighted by atomic mass is 16.6. The molecule has 0 heterocycles. The summed E-state index contributed by atoms with van der Waals surface area (Å²) in [7, 11) is 0. The zero-order valence-corrected chi connectivity index (χ0v) is 40.4. The highest BCUT2D eigenvalue weighted by Gasteiger charge is 2.19. The summed E-state index contributed by atoms with van der Waals surface area (Å²) in [5.74, 6) is -0.949. The Kier molecular flexibility index (Phi) is 47.5. The van der Waals surface area contributed by atoms with E-state index in [0.29, 0.717) is 19.3 Å². The number of rotatable bonds is 45. The van der Waals surface area contributed by atoms with Crippen LogP contribution in [-0.4, -0.2) is 37.2 Å². The van der Waals surface area contributed by atoms with Crippen molar-refractivity contribution in [3.63, 3.8) is 0 Å². The predicted octanol–water partition coefficient (Wildman–Crippen LogP) is 16.8. The molecule has 1 atom stereocenters. The van der Waals surface area contributed by atoms with E-state index in [9.17, 15) is 14.4 Å². The SMILES string of the molecule is CC/C=C\C/C=C\C/C=C\C/C=C\C/C=C\C/C=C\CCCCC(=O)OCC(COC(=O)CCCCCCC/C=C\CCCC)OC(=O)CCCCCCCCCCCCCC. The van der Waals surface area contributed by atoms with Crippen LogP contribution in [0.4, 0.5) is 0 Å². The molecule has 0 aliphatic carbocycles. The average Bonchev–Trinajstić information content (AvgIpc) is 3.27. The lowest BCUT2D eigenvalue weighted by atomic mass is 10.0. The van der Waals surface area contributed by atoms with E-state index in [1.165, 1.54) is 83.5 Å². The van der Waals surface area contributed by atoms with E-state index in [4.69, 9.17) is 14.2 Å². The molecule has 62 heavy (non-hydrogen) atoms. The van der Waals surface area contributed by atoms with Gasteiger partial charge >= 0.3 is 17.9 Å². The summed E-state index contributed by atoms with van der Waals surface area (Å²) in [6.07, 6.45) is 64.2. The van der Waals surface area contributed by atoms with Gasteiger partial charge in [0.2, 0.25) is 0 Å². The topological polar surface area (TPSA) is 78.9 Å². The van der Waals surface area contributed by atoms with Crippen molar-refractivity contribution in [3.05, 3.63) is 85.1 Å². The zero-order chi connectivity index (χ0) is 45.1. The van der Waals surface area contributed by atoms with Crippen LogP contribution in [0.5, 0.6) is 0 Å². The quantitative estimate of drug-likeness (QED) is 0.0263. The van der Waals surface area contributed by atoms with E-state index in [2.05, 4.69) is 106 Å². The second-order valence-electron chi connectivity index (χ2n) is 16.7. The number of unbranched alkanes of at least 4 members (excludes halogenated alkanes) is 20. The Morgan fingerprint density at radius 3 is 1.08 bits per heavy atom. The van der Waals surface area contributed by atoms with Gasteiger partial charge < -0.3 is 14.2 Å². The minimum Gasteiger partial charge on any atom is -0.462 e. The van der Waals surface area contributed by atoms with E-state index in [1.54, 1.807) is 0 Å². The molecule has 0 bridgehead atoms. The molecule has 354 valence electrons. The number of ether oxygens (including phenoxy) is 3. The molecular formula is C56H94O6. The fourth-order valence-corrected chi connectivity index (χ4v) is 6.78. The van der Waals surface area contributed by atoms with E-state index < -0.39 is 6.10 Å². The van der Waals surface area contributed by atoms with Crippen LogP contribution in [0, 0.1) is 0 Å². The number of allylic oxidation sites excluding steroid dienone is 14. The predicted molar refractivity (Wildman–Crippen MR) is 265 cm³/mol. The molecule has 0 radical (unpaired) electrons. The fourth-order valence-electron chi connectivity index (χ4n) is 6.78. The summed E-state index contributed by atoms with van der Waals surface area (Å²) in [6.45, 7) is 6.43. The summed E-state index contributed by atoms with van der Waals surface area (Å²) in [5, 5.41) is 0. The lowest BCUT2D eigenvalue weighted by molar-refractivity contribution is -0.167. The van der Waals surface area contributed by atoms with Crippen LogP contribution in [0.3, 0.4) is 0 Å². The highest BCUT2D eigenvalue weighted by Crippen LogP contribution is 2.14. The third kappa shape index (κ3) is 47.6. The molecule has 0 rings (SSSR count). The summed E-state index contributed by atoms with van der Waals surface area (Å²) in [6, 6.07) is 0. The Morgan fingerprint density at radius 1 is 0.339 bits per heavy atom. The maximum absolute atomic E-state index is 12.8. The Balaban J connectivity index is 4.42. The van der Waals surface area contributed by atoms with Crippen molar-refractivity contribution < 1.29 is 28.6 Å². The van der Waals surface area contributed by atoms with Gasteiger partial charge in [-0.1, -0.05) is 209 Å². The van der Waals surface area contributed by atoms with Crippen molar-refractivity contribution in [2.45, 2.75) is 239 Å². The molecule has 0 aromatic carbocycles. The fraction of sp³-hybridized carbons (Fsp3) is 0.696. The van der Waals surface area contributed by atoms with Crippen LogP contribution in [0.25, 0.3) is 0 Å². The minimum atomic E-state index is -0.794. The van der Waals surface area contributed by atoms with Gasteiger partial charge in [0, 0.05) is 19.3 Å². The number of hydrogen-bond donors (Lipinski definition) is 0. The second kappa shape index (κ2) is 50.2. The second-order valence-corrected chi connectivity index (χ2v) is 16.7. The van der Waals surface area contributed by atoms with Gasteiger partial charge in [0.1, 0.15) is 13.2 Å². The number of esters is 3. The molecule has 0 aromatic rings. The van der Waals surface area contributed by atoms with Gasteiger partial charge in [-0.25, -0.2) is 0 Å². The van der Waals surface area contributed by atoms with Gasteiger partial charge in [-0.05, 0) is 89.9 Å². The Bertz CT molecular complexity index is 1220. The summed E-state index contributed by atoms with van der Waals surface area (Å²) >= 11 is 0. The molecule has 0 spiro atoms. The van der Waals surface area contributed by atoms with Gasteiger partial charge in [-0.2, -0.15) is 0 Å². The smallest absolute Gasteiger partial charge is 0.306 e. The summed E-state index contributed by atoms with van der Waals surface area (Å²) < 4.78 is 16.7. The Morgan fingerprint density at radius 2 is 0.645 bits per heavy atom. The molecule has 0 amide bonds. The summed E-state index contributed by atoms with van der Waals surface area (Å²) in [4.78, 5) is 37.9. The number of carbonyl (C=O) groups excluding carboxylic acids is 3. The molecule has 0 fully saturated rings. The minimum absolute atomic E-state index is 0.0939. The Labute approximate surface area is 382 Å². The third-order valence-corrected chi connectivity index (χ3v) is 10.6. The van der Waals surface area contributed by atoms with Gasteiger partial charge in [0.15, 0.2) is 6.10 Å². The van der Waals surface area contributed by atoms with Crippen LogP contribution < -0.4 is 0 Å². The molecule has 1 unspecified atom stereocenters. The lowest BCUT2D eigenvalue weighted by Crippen LogP contribution is -2.30. The van der Waals surface area contributed by atoms with E-state index in [0.717, 1.165) is 109 Å². The third-order valence-electron chi connectivity index (χ3n) is 10.6. The highest BCUT2D eigenvalue weighted by molar-refractivity contribution is 5.71. The molecule has 0 saturated heterocycles. The molecule has 0 saturated carbocycles. The van der Waals surface area contributed by atoms with Gasteiger partial charge in [0.25, 0.3) is 0 Å². The first-order chi connectivity index (χ1) is 30.5. The lowest BCUT2D eigenvalue weighted by Gasteiger charge is -2.18. The summed E-state index contributed by atoms with van der Waals surface area (Å²) in [5.41, 5.74) is 0. The van der Waals surface area contributed by atoms with E-state index >= 15 is 0 Å². The zero-order valence-electron chi connectivity index (χ0n) is 40.4. The molecule has 0 aliphatic heterocycles. The number of hydrogen-bond acceptors (Lipinski definition) is 6. The van der Waals surface area contributed by atoms with Crippen LogP contribution in [0.15, 0.2) is 85.1 Å². The van der Waals surface area contributed by atoms with Crippen LogP contribution >= 0.6 is 0 Å². The molecule has 6 heteroatoms. The monoisotopic (exact) mass is 863 g/mol. The van der Waals surface area contributed by atoms with Crippen LogP contribution in [0.2, 0.25) is 0 Å². The van der Waals surface area contributed by atoms with Crippen molar-refractivity contribution in [1.29, 1.82) is 0 Å². The first-order valence-electron chi connectivity index (χ1n) is 25.6. The molecule has 6 nitrogen and oxygen atoms in total.